The molecule has 0 heterocycles. The molecule has 68 valence electrons. The molecule has 0 saturated carbocycles. The zero-order chi connectivity index (χ0) is 9.40. The molecule has 0 amide bonds. The van der Waals surface area contributed by atoms with Gasteiger partial charge in [-0.3, -0.25) is 0 Å². The summed E-state index contributed by atoms with van der Waals surface area (Å²) in [5.41, 5.74) is 1.23. The van der Waals surface area contributed by atoms with Gasteiger partial charge in [0.1, 0.15) is 5.75 Å². The van der Waals surface area contributed by atoms with Crippen LogP contribution in [0.4, 0.5) is 0 Å². The van der Waals surface area contributed by atoms with Crippen molar-refractivity contribution in [2.24, 2.45) is 0 Å². The number of rotatable bonds is 1. The van der Waals surface area contributed by atoms with Crippen LogP contribution in [0.5, 0.6) is 5.75 Å². The van der Waals surface area contributed by atoms with Gasteiger partial charge in [-0.1, -0.05) is 32.4 Å². The first-order valence-corrected chi connectivity index (χ1v) is 4.35. The summed E-state index contributed by atoms with van der Waals surface area (Å²) in [5.74, 6) is 0.926. The van der Waals surface area contributed by atoms with Crippen LogP contribution in [0.25, 0.3) is 0 Å². The van der Waals surface area contributed by atoms with Crippen LogP contribution in [-0.4, -0.2) is 7.11 Å². The molecule has 1 aromatic carbocycles. The van der Waals surface area contributed by atoms with Crippen LogP contribution < -0.4 is 4.74 Å². The van der Waals surface area contributed by atoms with Gasteiger partial charge in [-0.05, 0) is 24.6 Å². The predicted octanol–water partition coefficient (Wildman–Crippen LogP) is 3.42. The summed E-state index contributed by atoms with van der Waals surface area (Å²) in [6.45, 7) is 6.29. The van der Waals surface area contributed by atoms with Crippen molar-refractivity contribution >= 4 is 0 Å². The number of methoxy groups -OCH3 is 1. The van der Waals surface area contributed by atoms with Gasteiger partial charge in [0.05, 0.1) is 7.11 Å². The number of hydrogen-bond donors (Lipinski definition) is 0. The Labute approximate surface area is 75.4 Å². The van der Waals surface area contributed by atoms with E-state index in [9.17, 15) is 0 Å². The van der Waals surface area contributed by atoms with Crippen molar-refractivity contribution in [3.05, 3.63) is 29.8 Å². The first-order valence-electron chi connectivity index (χ1n) is 4.35. The van der Waals surface area contributed by atoms with E-state index in [1.807, 2.05) is 31.2 Å². The lowest BCUT2D eigenvalue weighted by Crippen LogP contribution is -1.81. The van der Waals surface area contributed by atoms with Crippen molar-refractivity contribution in [1.82, 2.24) is 0 Å². The van der Waals surface area contributed by atoms with Crippen LogP contribution in [-0.2, 0) is 0 Å². The summed E-state index contributed by atoms with van der Waals surface area (Å²) in [6.07, 6.45) is 1.25. The first-order chi connectivity index (χ1) is 5.74. The highest BCUT2D eigenvalue weighted by Crippen LogP contribution is 2.10. The van der Waals surface area contributed by atoms with E-state index in [1.165, 1.54) is 12.0 Å². The topological polar surface area (TPSA) is 9.23 Å². The van der Waals surface area contributed by atoms with Crippen molar-refractivity contribution < 1.29 is 4.74 Å². The Kier molecular flexibility index (Phi) is 6.16. The summed E-state index contributed by atoms with van der Waals surface area (Å²) in [4.78, 5) is 0. The lowest BCUT2D eigenvalue weighted by molar-refractivity contribution is 0.414. The van der Waals surface area contributed by atoms with Crippen molar-refractivity contribution in [2.45, 2.75) is 27.2 Å². The molecule has 0 saturated heterocycles. The summed E-state index contributed by atoms with van der Waals surface area (Å²) in [5, 5.41) is 0. The van der Waals surface area contributed by atoms with Crippen LogP contribution in [0.15, 0.2) is 24.3 Å². The van der Waals surface area contributed by atoms with Crippen molar-refractivity contribution in [3.8, 4) is 5.75 Å². The minimum atomic E-state index is 0.926. The fraction of sp³-hybridized carbons (Fsp3) is 0.455. The van der Waals surface area contributed by atoms with E-state index in [1.54, 1.807) is 7.11 Å². The van der Waals surface area contributed by atoms with E-state index < -0.39 is 0 Å². The van der Waals surface area contributed by atoms with Crippen LogP contribution >= 0.6 is 0 Å². The molecule has 0 aliphatic rings. The average Bonchev–Trinajstić information content (AvgIpc) is 2.06. The SMILES string of the molecule is CCC.COc1cccc(C)c1. The van der Waals surface area contributed by atoms with Crippen LogP contribution in [0, 0.1) is 6.92 Å². The second kappa shape index (κ2) is 6.71. The van der Waals surface area contributed by atoms with Gasteiger partial charge in [0.2, 0.25) is 0 Å². The molecule has 0 radical (unpaired) electrons. The molecule has 0 N–H and O–H groups in total. The van der Waals surface area contributed by atoms with Crippen molar-refractivity contribution in [2.75, 3.05) is 7.11 Å². The molecule has 0 unspecified atom stereocenters. The Morgan fingerprint density at radius 1 is 1.25 bits per heavy atom. The first kappa shape index (κ1) is 11.0. The molecule has 0 bridgehead atoms. The van der Waals surface area contributed by atoms with Gasteiger partial charge in [0, 0.05) is 0 Å². The van der Waals surface area contributed by atoms with Crippen LogP contribution in [0.3, 0.4) is 0 Å². The summed E-state index contributed by atoms with van der Waals surface area (Å²) < 4.78 is 5.00. The fourth-order valence-corrected chi connectivity index (χ4v) is 0.742. The Hall–Kier alpha value is -0.980. The van der Waals surface area contributed by atoms with E-state index in [0.717, 1.165) is 5.75 Å². The molecule has 0 spiro atoms. The minimum Gasteiger partial charge on any atom is -0.497 e. The lowest BCUT2D eigenvalue weighted by atomic mass is 10.2. The molecule has 0 aliphatic heterocycles. The Balaban J connectivity index is 0.000000354. The Morgan fingerprint density at radius 2 is 1.83 bits per heavy atom. The minimum absolute atomic E-state index is 0.926. The largest absolute Gasteiger partial charge is 0.497 e. The molecule has 12 heavy (non-hydrogen) atoms. The van der Waals surface area contributed by atoms with Crippen molar-refractivity contribution in [3.63, 3.8) is 0 Å². The van der Waals surface area contributed by atoms with Gasteiger partial charge in [-0.15, -0.1) is 0 Å². The highest BCUT2D eigenvalue weighted by atomic mass is 16.5. The molecule has 0 aliphatic carbocycles. The van der Waals surface area contributed by atoms with Gasteiger partial charge < -0.3 is 4.74 Å². The maximum absolute atomic E-state index is 5.00. The zero-order valence-corrected chi connectivity index (χ0v) is 8.42. The van der Waals surface area contributed by atoms with Gasteiger partial charge in [-0.2, -0.15) is 0 Å². The predicted molar refractivity (Wildman–Crippen MR) is 53.7 cm³/mol. The van der Waals surface area contributed by atoms with Gasteiger partial charge in [-0.25, -0.2) is 0 Å². The molecular weight excluding hydrogens is 148 g/mol. The maximum atomic E-state index is 5.00. The van der Waals surface area contributed by atoms with E-state index in [2.05, 4.69) is 13.8 Å². The molecule has 0 atom stereocenters. The Bertz CT molecular complexity index is 206. The van der Waals surface area contributed by atoms with Crippen LogP contribution in [0.2, 0.25) is 0 Å². The Morgan fingerprint density at radius 3 is 2.17 bits per heavy atom. The second-order valence-corrected chi connectivity index (χ2v) is 2.73. The molecule has 1 aromatic rings. The van der Waals surface area contributed by atoms with E-state index in [4.69, 9.17) is 4.74 Å². The quantitative estimate of drug-likeness (QED) is 0.621. The number of ether oxygens (including phenoxy) is 1. The number of aryl methyl sites for hydroxylation is 1. The highest BCUT2D eigenvalue weighted by Gasteiger charge is 1.86. The van der Waals surface area contributed by atoms with Gasteiger partial charge in [0.15, 0.2) is 0 Å². The third-order valence-corrected chi connectivity index (χ3v) is 1.23. The molecule has 0 aromatic heterocycles. The monoisotopic (exact) mass is 166 g/mol. The van der Waals surface area contributed by atoms with E-state index >= 15 is 0 Å². The fourth-order valence-electron chi connectivity index (χ4n) is 0.742. The van der Waals surface area contributed by atoms with Crippen molar-refractivity contribution in [1.29, 1.82) is 0 Å². The van der Waals surface area contributed by atoms with Gasteiger partial charge in [0.25, 0.3) is 0 Å². The third kappa shape index (κ3) is 4.78. The summed E-state index contributed by atoms with van der Waals surface area (Å²) in [6, 6.07) is 7.96. The molecule has 1 nitrogen and oxygen atoms in total. The smallest absolute Gasteiger partial charge is 0.119 e. The summed E-state index contributed by atoms with van der Waals surface area (Å²) >= 11 is 0. The standard InChI is InChI=1S/C8H10O.C3H8/c1-7-4-3-5-8(6-7)9-2;1-3-2/h3-6H,1-2H3;3H2,1-2H3. The average molecular weight is 166 g/mol. The molecule has 1 rings (SSSR count). The molecule has 1 heteroatoms. The number of benzene rings is 1. The van der Waals surface area contributed by atoms with Gasteiger partial charge >= 0.3 is 0 Å². The number of hydrogen-bond acceptors (Lipinski definition) is 1. The molecule has 0 fully saturated rings. The van der Waals surface area contributed by atoms with E-state index in [0.29, 0.717) is 0 Å². The third-order valence-electron chi connectivity index (χ3n) is 1.23. The zero-order valence-electron chi connectivity index (χ0n) is 8.42. The molecular formula is C11H18O. The highest BCUT2D eigenvalue weighted by molar-refractivity contribution is 5.27. The normalized spacial score (nSPS) is 8.33. The summed E-state index contributed by atoms with van der Waals surface area (Å²) in [7, 11) is 1.68. The van der Waals surface area contributed by atoms with E-state index in [-0.39, 0.29) is 0 Å². The maximum Gasteiger partial charge on any atom is 0.119 e. The lowest BCUT2D eigenvalue weighted by Gasteiger charge is -1.97. The second-order valence-electron chi connectivity index (χ2n) is 2.73. The van der Waals surface area contributed by atoms with Crippen LogP contribution in [0.1, 0.15) is 25.8 Å².